The van der Waals surface area contributed by atoms with E-state index >= 15 is 0 Å². The molecule has 0 amide bonds. The van der Waals surface area contributed by atoms with Crippen LogP contribution in [0.25, 0.3) is 0 Å². The van der Waals surface area contributed by atoms with Crippen LogP contribution in [0.5, 0.6) is 5.75 Å². The Labute approximate surface area is 119 Å². The van der Waals surface area contributed by atoms with Gasteiger partial charge in [-0.2, -0.15) is 0 Å². The first-order valence-electron chi connectivity index (χ1n) is 6.75. The first-order chi connectivity index (χ1) is 8.63. The Kier molecular flexibility index (Phi) is 7.36. The molecule has 0 fully saturated rings. The molecular weight excluding hydrogens is 290 g/mol. The van der Waals surface area contributed by atoms with Gasteiger partial charge in [-0.15, -0.1) is 0 Å². The second kappa shape index (κ2) is 8.54. The van der Waals surface area contributed by atoms with Crippen LogP contribution in [0.3, 0.4) is 0 Å². The number of halogens is 1. The summed E-state index contributed by atoms with van der Waals surface area (Å²) < 4.78 is 6.98. The molecule has 0 unspecified atom stereocenters. The molecule has 0 heterocycles. The summed E-state index contributed by atoms with van der Waals surface area (Å²) in [5.74, 6) is 1.68. The van der Waals surface area contributed by atoms with E-state index in [1.54, 1.807) is 0 Å². The molecule has 0 aliphatic carbocycles. The highest BCUT2D eigenvalue weighted by Gasteiger charge is 2.05. The van der Waals surface area contributed by atoms with Crippen LogP contribution in [0, 0.1) is 5.92 Å². The largest absolute Gasteiger partial charge is 0.493 e. The molecule has 0 aliphatic rings. The van der Waals surface area contributed by atoms with Gasteiger partial charge in [-0.1, -0.05) is 36.7 Å². The third-order valence-electron chi connectivity index (χ3n) is 2.72. The van der Waals surface area contributed by atoms with Gasteiger partial charge < -0.3 is 10.1 Å². The van der Waals surface area contributed by atoms with Gasteiger partial charge in [-0.25, -0.2) is 0 Å². The number of benzene rings is 1. The average molecular weight is 314 g/mol. The Morgan fingerprint density at radius 1 is 1.33 bits per heavy atom. The van der Waals surface area contributed by atoms with Crippen molar-refractivity contribution in [3.63, 3.8) is 0 Å². The molecule has 0 aliphatic heterocycles. The van der Waals surface area contributed by atoms with Gasteiger partial charge in [-0.3, -0.25) is 0 Å². The lowest BCUT2D eigenvalue weighted by molar-refractivity contribution is 0.286. The molecule has 0 atom stereocenters. The van der Waals surface area contributed by atoms with E-state index < -0.39 is 0 Å². The highest BCUT2D eigenvalue weighted by atomic mass is 79.9. The van der Waals surface area contributed by atoms with Gasteiger partial charge in [0.2, 0.25) is 0 Å². The maximum atomic E-state index is 5.87. The van der Waals surface area contributed by atoms with Crippen molar-refractivity contribution in [3.05, 3.63) is 28.2 Å². The van der Waals surface area contributed by atoms with Crippen molar-refractivity contribution in [2.24, 2.45) is 5.92 Å². The van der Waals surface area contributed by atoms with Gasteiger partial charge in [0.05, 0.1) is 6.61 Å². The van der Waals surface area contributed by atoms with Gasteiger partial charge in [-0.05, 0) is 43.5 Å². The van der Waals surface area contributed by atoms with Crippen molar-refractivity contribution in [2.45, 2.75) is 40.2 Å². The fourth-order valence-corrected chi connectivity index (χ4v) is 2.04. The summed E-state index contributed by atoms with van der Waals surface area (Å²) in [7, 11) is 0. The standard InChI is InChI=1S/C15H24BrNO/c1-4-8-17-11-13-10-14(16)5-6-15(13)18-9-7-12(2)3/h5-6,10,12,17H,4,7-9,11H2,1-3H3. The maximum Gasteiger partial charge on any atom is 0.123 e. The molecular formula is C15H24BrNO. The molecule has 1 aromatic carbocycles. The summed E-state index contributed by atoms with van der Waals surface area (Å²) in [5.41, 5.74) is 1.22. The molecule has 0 saturated carbocycles. The molecule has 2 nitrogen and oxygen atoms in total. The van der Waals surface area contributed by atoms with E-state index in [-0.39, 0.29) is 0 Å². The lowest BCUT2D eigenvalue weighted by Crippen LogP contribution is -2.15. The first-order valence-corrected chi connectivity index (χ1v) is 7.54. The minimum absolute atomic E-state index is 0.683. The molecule has 0 saturated heterocycles. The molecule has 1 aromatic rings. The van der Waals surface area contributed by atoms with Crippen molar-refractivity contribution in [3.8, 4) is 5.75 Å². The lowest BCUT2D eigenvalue weighted by atomic mass is 10.1. The van der Waals surface area contributed by atoms with Crippen LogP contribution in [0.1, 0.15) is 39.2 Å². The molecule has 102 valence electrons. The highest BCUT2D eigenvalue weighted by Crippen LogP contribution is 2.23. The van der Waals surface area contributed by atoms with E-state index in [4.69, 9.17) is 4.74 Å². The number of nitrogens with one attached hydrogen (secondary N) is 1. The normalized spacial score (nSPS) is 10.9. The molecule has 18 heavy (non-hydrogen) atoms. The van der Waals surface area contributed by atoms with Gasteiger partial charge >= 0.3 is 0 Å². The average Bonchev–Trinajstić information content (AvgIpc) is 2.32. The molecule has 0 bridgehead atoms. The minimum atomic E-state index is 0.683. The van der Waals surface area contributed by atoms with Crippen LogP contribution in [0.15, 0.2) is 22.7 Å². The maximum absolute atomic E-state index is 5.87. The summed E-state index contributed by atoms with van der Waals surface area (Å²) >= 11 is 3.51. The highest BCUT2D eigenvalue weighted by molar-refractivity contribution is 9.10. The minimum Gasteiger partial charge on any atom is -0.493 e. The molecule has 0 spiro atoms. The second-order valence-electron chi connectivity index (χ2n) is 4.96. The smallest absolute Gasteiger partial charge is 0.123 e. The Morgan fingerprint density at radius 2 is 2.11 bits per heavy atom. The fourth-order valence-electron chi connectivity index (χ4n) is 1.63. The van der Waals surface area contributed by atoms with E-state index in [0.29, 0.717) is 5.92 Å². The van der Waals surface area contributed by atoms with E-state index in [2.05, 4.69) is 48.1 Å². The van der Waals surface area contributed by atoms with Crippen molar-refractivity contribution in [1.29, 1.82) is 0 Å². The zero-order valence-electron chi connectivity index (χ0n) is 11.6. The van der Waals surface area contributed by atoms with Crippen molar-refractivity contribution in [2.75, 3.05) is 13.2 Å². The number of hydrogen-bond donors (Lipinski definition) is 1. The zero-order valence-corrected chi connectivity index (χ0v) is 13.2. The third-order valence-corrected chi connectivity index (χ3v) is 3.21. The molecule has 0 aromatic heterocycles. The molecule has 3 heteroatoms. The summed E-state index contributed by atoms with van der Waals surface area (Å²) in [6.45, 7) is 9.31. The van der Waals surface area contributed by atoms with Gasteiger partial charge in [0.15, 0.2) is 0 Å². The van der Waals surface area contributed by atoms with Crippen molar-refractivity contribution < 1.29 is 4.74 Å². The summed E-state index contributed by atoms with van der Waals surface area (Å²) in [5, 5.41) is 3.42. The zero-order chi connectivity index (χ0) is 13.4. The Hall–Kier alpha value is -0.540. The van der Waals surface area contributed by atoms with Crippen LogP contribution in [0.2, 0.25) is 0 Å². The van der Waals surface area contributed by atoms with E-state index in [1.807, 2.05) is 12.1 Å². The van der Waals surface area contributed by atoms with Crippen LogP contribution < -0.4 is 10.1 Å². The third kappa shape index (κ3) is 5.87. The SMILES string of the molecule is CCCNCc1cc(Br)ccc1OCCC(C)C. The van der Waals surface area contributed by atoms with Gasteiger partial charge in [0.1, 0.15) is 5.75 Å². The molecule has 1 N–H and O–H groups in total. The van der Waals surface area contributed by atoms with Crippen LogP contribution in [-0.2, 0) is 6.54 Å². The summed E-state index contributed by atoms with van der Waals surface area (Å²) in [6, 6.07) is 6.22. The second-order valence-corrected chi connectivity index (χ2v) is 5.88. The van der Waals surface area contributed by atoms with Gasteiger partial charge in [0.25, 0.3) is 0 Å². The Balaban J connectivity index is 2.58. The first kappa shape index (κ1) is 15.5. The van der Waals surface area contributed by atoms with Crippen molar-refractivity contribution in [1.82, 2.24) is 5.32 Å². The van der Waals surface area contributed by atoms with E-state index in [9.17, 15) is 0 Å². The summed E-state index contributed by atoms with van der Waals surface area (Å²) in [6.07, 6.45) is 2.25. The number of rotatable bonds is 8. The Bertz CT molecular complexity index is 352. The molecule has 1 rings (SSSR count). The van der Waals surface area contributed by atoms with Crippen LogP contribution in [-0.4, -0.2) is 13.2 Å². The van der Waals surface area contributed by atoms with Crippen LogP contribution >= 0.6 is 15.9 Å². The van der Waals surface area contributed by atoms with Gasteiger partial charge in [0, 0.05) is 16.6 Å². The predicted molar refractivity (Wildman–Crippen MR) is 81.1 cm³/mol. The monoisotopic (exact) mass is 313 g/mol. The topological polar surface area (TPSA) is 21.3 Å². The quantitative estimate of drug-likeness (QED) is 0.719. The lowest BCUT2D eigenvalue weighted by Gasteiger charge is -2.13. The van der Waals surface area contributed by atoms with E-state index in [1.165, 1.54) is 5.56 Å². The van der Waals surface area contributed by atoms with Crippen LogP contribution in [0.4, 0.5) is 0 Å². The number of ether oxygens (including phenoxy) is 1. The fraction of sp³-hybridized carbons (Fsp3) is 0.600. The van der Waals surface area contributed by atoms with E-state index in [0.717, 1.165) is 42.8 Å². The summed E-state index contributed by atoms with van der Waals surface area (Å²) in [4.78, 5) is 0. The Morgan fingerprint density at radius 3 is 2.78 bits per heavy atom. The number of hydrogen-bond acceptors (Lipinski definition) is 2. The molecule has 0 radical (unpaired) electrons. The predicted octanol–water partition coefficient (Wildman–Crippen LogP) is 4.37. The van der Waals surface area contributed by atoms with Crippen molar-refractivity contribution >= 4 is 15.9 Å².